The summed E-state index contributed by atoms with van der Waals surface area (Å²) in [6.07, 6.45) is 7.98. The lowest BCUT2D eigenvalue weighted by Crippen LogP contribution is -2.60. The maximum absolute atomic E-state index is 12.3. The SMILES string of the molecule is COc1ccc2c(c1)CC[C@H]1[C@@H]2CC[C@]2(C)[C@@]3(OC(C)=O)C=C[C@]12C[C@@]3(C#N)OC(C)=O. The normalized spacial score (nSPS) is 40.5. The van der Waals surface area contributed by atoms with Gasteiger partial charge >= 0.3 is 11.9 Å². The van der Waals surface area contributed by atoms with Crippen molar-refractivity contribution in [3.05, 3.63) is 41.5 Å². The van der Waals surface area contributed by atoms with Crippen LogP contribution in [0.2, 0.25) is 0 Å². The highest BCUT2D eigenvalue weighted by atomic mass is 16.6. The van der Waals surface area contributed by atoms with Crippen LogP contribution in [0, 0.1) is 28.1 Å². The van der Waals surface area contributed by atoms with E-state index in [1.54, 1.807) is 7.11 Å². The van der Waals surface area contributed by atoms with Gasteiger partial charge < -0.3 is 14.2 Å². The summed E-state index contributed by atoms with van der Waals surface area (Å²) >= 11 is 0. The summed E-state index contributed by atoms with van der Waals surface area (Å²) in [5, 5.41) is 10.4. The summed E-state index contributed by atoms with van der Waals surface area (Å²) in [4.78, 5) is 24.4. The number of hydrogen-bond acceptors (Lipinski definition) is 6. The molecular formula is C26H29NO5. The van der Waals surface area contributed by atoms with E-state index in [0.29, 0.717) is 12.3 Å². The Morgan fingerprint density at radius 1 is 1.12 bits per heavy atom. The number of fused-ring (bicyclic) bond motifs is 3. The van der Waals surface area contributed by atoms with Crippen LogP contribution in [0.25, 0.3) is 0 Å². The van der Waals surface area contributed by atoms with E-state index in [4.69, 9.17) is 14.2 Å². The maximum atomic E-state index is 12.3. The van der Waals surface area contributed by atoms with Gasteiger partial charge in [0, 0.05) is 31.1 Å². The van der Waals surface area contributed by atoms with Crippen molar-refractivity contribution in [2.24, 2.45) is 16.7 Å². The van der Waals surface area contributed by atoms with Gasteiger partial charge in [-0.15, -0.1) is 0 Å². The van der Waals surface area contributed by atoms with Crippen LogP contribution in [0.5, 0.6) is 5.75 Å². The van der Waals surface area contributed by atoms with Gasteiger partial charge in [0.15, 0.2) is 5.60 Å². The molecule has 1 aromatic carbocycles. The number of nitrogens with zero attached hydrogens (tertiary/aromatic N) is 1. The minimum Gasteiger partial charge on any atom is -0.497 e. The molecule has 4 aliphatic rings. The Bertz CT molecular complexity index is 1090. The summed E-state index contributed by atoms with van der Waals surface area (Å²) < 4.78 is 17.2. The summed E-state index contributed by atoms with van der Waals surface area (Å²) in [6, 6.07) is 8.64. The number of rotatable bonds is 3. The summed E-state index contributed by atoms with van der Waals surface area (Å²) in [7, 11) is 1.69. The molecule has 0 heterocycles. The Labute approximate surface area is 188 Å². The van der Waals surface area contributed by atoms with Gasteiger partial charge in [-0.2, -0.15) is 5.26 Å². The molecule has 6 heteroatoms. The predicted molar refractivity (Wildman–Crippen MR) is 116 cm³/mol. The second-order valence-electron chi connectivity index (χ2n) is 10.1. The lowest BCUT2D eigenvalue weighted by molar-refractivity contribution is -0.200. The Balaban J connectivity index is 1.66. The molecule has 2 saturated carbocycles. The number of carbonyl (C=O) groups excluding carboxylic acids is 2. The molecule has 168 valence electrons. The van der Waals surface area contributed by atoms with Crippen molar-refractivity contribution in [1.82, 2.24) is 0 Å². The summed E-state index contributed by atoms with van der Waals surface area (Å²) in [5.41, 5.74) is -1.06. The summed E-state index contributed by atoms with van der Waals surface area (Å²) in [5.74, 6) is 0.468. The van der Waals surface area contributed by atoms with Crippen molar-refractivity contribution in [2.75, 3.05) is 7.11 Å². The van der Waals surface area contributed by atoms with Gasteiger partial charge in [-0.05, 0) is 66.9 Å². The third-order valence-electron chi connectivity index (χ3n) is 8.98. The third-order valence-corrected chi connectivity index (χ3v) is 8.98. The Kier molecular flexibility index (Phi) is 4.34. The number of nitriles is 1. The minimum absolute atomic E-state index is 0.265. The molecule has 0 spiro atoms. The number of ether oxygens (including phenoxy) is 3. The lowest BCUT2D eigenvalue weighted by Gasteiger charge is -2.56. The van der Waals surface area contributed by atoms with Crippen LogP contribution in [-0.2, 0) is 25.5 Å². The van der Waals surface area contributed by atoms with E-state index in [9.17, 15) is 14.9 Å². The number of benzene rings is 1. The van der Waals surface area contributed by atoms with E-state index in [1.165, 1.54) is 25.0 Å². The highest BCUT2D eigenvalue weighted by molar-refractivity contribution is 5.71. The van der Waals surface area contributed by atoms with Gasteiger partial charge in [-0.25, -0.2) is 0 Å². The number of methoxy groups -OCH3 is 1. The van der Waals surface area contributed by atoms with Gasteiger partial charge in [-0.3, -0.25) is 9.59 Å². The molecule has 2 bridgehead atoms. The first-order chi connectivity index (χ1) is 15.2. The van der Waals surface area contributed by atoms with Crippen molar-refractivity contribution >= 4 is 11.9 Å². The molecule has 0 amide bonds. The minimum atomic E-state index is -1.52. The Morgan fingerprint density at radius 3 is 2.53 bits per heavy atom. The summed E-state index contributed by atoms with van der Waals surface area (Å²) in [6.45, 7) is 4.79. The number of allylic oxidation sites excluding steroid dienone is 1. The first-order valence-electron chi connectivity index (χ1n) is 11.4. The molecule has 0 N–H and O–H groups in total. The molecule has 0 aliphatic heterocycles. The number of carbonyl (C=O) groups is 2. The van der Waals surface area contributed by atoms with Crippen LogP contribution in [0.4, 0.5) is 0 Å². The zero-order valence-corrected chi connectivity index (χ0v) is 19.1. The molecular weight excluding hydrogens is 406 g/mol. The van der Waals surface area contributed by atoms with Crippen LogP contribution in [-0.4, -0.2) is 30.3 Å². The van der Waals surface area contributed by atoms with Crippen LogP contribution < -0.4 is 4.74 Å². The lowest BCUT2D eigenvalue weighted by atomic mass is 9.48. The van der Waals surface area contributed by atoms with Gasteiger partial charge in [0.05, 0.1) is 7.11 Å². The molecule has 6 nitrogen and oxygen atoms in total. The molecule has 32 heavy (non-hydrogen) atoms. The zero-order valence-electron chi connectivity index (χ0n) is 19.1. The van der Waals surface area contributed by atoms with Crippen molar-refractivity contribution < 1.29 is 23.8 Å². The molecule has 1 aromatic rings. The van der Waals surface area contributed by atoms with E-state index >= 15 is 0 Å². The molecule has 2 fully saturated rings. The van der Waals surface area contributed by atoms with E-state index in [1.807, 2.05) is 12.1 Å². The van der Waals surface area contributed by atoms with Gasteiger partial charge in [0.2, 0.25) is 5.60 Å². The largest absolute Gasteiger partial charge is 0.497 e. The molecule has 0 unspecified atom stereocenters. The van der Waals surface area contributed by atoms with Crippen LogP contribution >= 0.6 is 0 Å². The highest BCUT2D eigenvalue weighted by Crippen LogP contribution is 2.78. The fourth-order valence-corrected chi connectivity index (χ4v) is 7.83. The molecule has 0 saturated heterocycles. The van der Waals surface area contributed by atoms with Crippen molar-refractivity contribution in [3.8, 4) is 11.8 Å². The Morgan fingerprint density at radius 2 is 1.88 bits per heavy atom. The fourth-order valence-electron chi connectivity index (χ4n) is 7.83. The first-order valence-corrected chi connectivity index (χ1v) is 11.4. The fraction of sp³-hybridized carbons (Fsp3) is 0.577. The maximum Gasteiger partial charge on any atom is 0.304 e. The van der Waals surface area contributed by atoms with Crippen molar-refractivity contribution in [3.63, 3.8) is 0 Å². The first kappa shape index (κ1) is 21.1. The number of esters is 2. The smallest absolute Gasteiger partial charge is 0.304 e. The van der Waals surface area contributed by atoms with Crippen LogP contribution in [0.3, 0.4) is 0 Å². The molecule has 0 radical (unpaired) electrons. The molecule has 0 aromatic heterocycles. The third kappa shape index (κ3) is 2.29. The average molecular weight is 436 g/mol. The average Bonchev–Trinajstić information content (AvgIpc) is 3.10. The molecule has 5 rings (SSSR count). The van der Waals surface area contributed by atoms with Crippen molar-refractivity contribution in [1.29, 1.82) is 5.26 Å². The Hall–Kier alpha value is -2.81. The molecule has 6 atom stereocenters. The zero-order chi connectivity index (χ0) is 22.9. The van der Waals surface area contributed by atoms with E-state index in [0.717, 1.165) is 31.4 Å². The predicted octanol–water partition coefficient (Wildman–Crippen LogP) is 4.23. The van der Waals surface area contributed by atoms with E-state index in [-0.39, 0.29) is 5.92 Å². The van der Waals surface area contributed by atoms with Crippen molar-refractivity contribution in [2.45, 2.75) is 70.0 Å². The standard InChI is InChI=1S/C26H29NO5/c1-16(28)31-25(15-27)14-24-11-12-26(25,32-17(2)29)23(24,3)10-9-21-20-7-6-19(30-4)13-18(20)5-8-22(21)24/h6-7,11-13,21-22H,5,8-10,14H2,1-4H3/t21-,22+,23+,24+,25+,26+/m1/s1. The van der Waals surface area contributed by atoms with Crippen LogP contribution in [0.1, 0.15) is 63.5 Å². The molecule has 4 aliphatic carbocycles. The second kappa shape index (κ2) is 6.60. The monoisotopic (exact) mass is 435 g/mol. The van der Waals surface area contributed by atoms with E-state index < -0.39 is 34.0 Å². The van der Waals surface area contributed by atoms with Gasteiger partial charge in [0.1, 0.15) is 11.8 Å². The van der Waals surface area contributed by atoms with Crippen LogP contribution in [0.15, 0.2) is 30.4 Å². The van der Waals surface area contributed by atoms with Gasteiger partial charge in [-0.1, -0.05) is 19.1 Å². The highest BCUT2D eigenvalue weighted by Gasteiger charge is 2.84. The van der Waals surface area contributed by atoms with E-state index in [2.05, 4.69) is 31.2 Å². The quantitative estimate of drug-likeness (QED) is 0.522. The number of aryl methyl sites for hydroxylation is 1. The topological polar surface area (TPSA) is 85.6 Å². The second-order valence-corrected chi connectivity index (χ2v) is 10.1. The number of hydrogen-bond donors (Lipinski definition) is 0. The van der Waals surface area contributed by atoms with Gasteiger partial charge in [0.25, 0.3) is 0 Å².